The topological polar surface area (TPSA) is 17.3 Å². The molecule has 3 aromatic heterocycles. The molecular weight excluding hydrogens is 360 g/mol. The molecular formula is C25H14N2S. The van der Waals surface area contributed by atoms with E-state index >= 15 is 0 Å². The van der Waals surface area contributed by atoms with Gasteiger partial charge < -0.3 is 0 Å². The van der Waals surface area contributed by atoms with E-state index in [1.54, 1.807) is 0 Å². The number of para-hydroxylation sites is 2. The van der Waals surface area contributed by atoms with Crippen LogP contribution in [0.3, 0.4) is 0 Å². The lowest BCUT2D eigenvalue weighted by Gasteiger charge is -2.10. The molecule has 0 N–H and O–H groups in total. The average molecular weight is 374 g/mol. The number of pyridine rings is 1. The summed E-state index contributed by atoms with van der Waals surface area (Å²) in [6.07, 6.45) is 0. The first-order valence-electron chi connectivity index (χ1n) is 9.42. The first-order valence-corrected chi connectivity index (χ1v) is 10.2. The van der Waals surface area contributed by atoms with Crippen molar-refractivity contribution in [3.05, 3.63) is 84.9 Å². The maximum Gasteiger partial charge on any atom is 0.146 e. The standard InChI is InChI=1S/C25H14N2S/c1-2-9-18-16(8-1)23-21(27-20-11-5-4-10-19(20)26-25(18)27)14-13-17-15-7-3-6-12-22(15)28-24(17)23/h1-14H. The van der Waals surface area contributed by atoms with Gasteiger partial charge in [0.2, 0.25) is 0 Å². The minimum Gasteiger partial charge on any atom is -0.292 e. The van der Waals surface area contributed by atoms with E-state index in [4.69, 9.17) is 4.98 Å². The number of hydrogen-bond donors (Lipinski definition) is 0. The van der Waals surface area contributed by atoms with E-state index in [0.29, 0.717) is 0 Å². The number of benzene rings is 4. The molecule has 3 heterocycles. The smallest absolute Gasteiger partial charge is 0.146 e. The summed E-state index contributed by atoms with van der Waals surface area (Å²) in [6.45, 7) is 0. The molecule has 0 atom stereocenters. The van der Waals surface area contributed by atoms with Crippen LogP contribution in [-0.2, 0) is 0 Å². The number of nitrogens with zero attached hydrogens (tertiary/aromatic N) is 2. The fourth-order valence-corrected chi connectivity index (χ4v) is 5.83. The van der Waals surface area contributed by atoms with Crippen molar-refractivity contribution in [2.24, 2.45) is 0 Å². The molecule has 4 aromatic carbocycles. The summed E-state index contributed by atoms with van der Waals surface area (Å²) >= 11 is 1.89. The summed E-state index contributed by atoms with van der Waals surface area (Å²) in [5.41, 5.74) is 4.46. The Hall–Kier alpha value is -3.43. The van der Waals surface area contributed by atoms with Crippen LogP contribution in [0.5, 0.6) is 0 Å². The summed E-state index contributed by atoms with van der Waals surface area (Å²) in [4.78, 5) is 4.98. The van der Waals surface area contributed by atoms with Crippen LogP contribution >= 0.6 is 11.3 Å². The van der Waals surface area contributed by atoms with E-state index in [2.05, 4.69) is 89.3 Å². The molecule has 0 unspecified atom stereocenters. The zero-order chi connectivity index (χ0) is 18.2. The predicted molar refractivity (Wildman–Crippen MR) is 121 cm³/mol. The first kappa shape index (κ1) is 14.6. The van der Waals surface area contributed by atoms with E-state index in [-0.39, 0.29) is 0 Å². The zero-order valence-electron chi connectivity index (χ0n) is 14.9. The highest BCUT2D eigenvalue weighted by molar-refractivity contribution is 7.26. The Balaban J connectivity index is 1.88. The van der Waals surface area contributed by atoms with Gasteiger partial charge in [0.25, 0.3) is 0 Å². The minimum absolute atomic E-state index is 1.03. The average Bonchev–Trinajstić information content (AvgIpc) is 3.32. The highest BCUT2D eigenvalue weighted by atomic mass is 32.1. The van der Waals surface area contributed by atoms with Crippen molar-refractivity contribution in [2.45, 2.75) is 0 Å². The van der Waals surface area contributed by atoms with Crippen molar-refractivity contribution >= 4 is 69.9 Å². The summed E-state index contributed by atoms with van der Waals surface area (Å²) in [5, 5.41) is 6.48. The fraction of sp³-hybridized carbons (Fsp3) is 0. The second-order valence-corrected chi connectivity index (χ2v) is 8.29. The number of imidazole rings is 1. The molecule has 0 aliphatic rings. The van der Waals surface area contributed by atoms with E-state index in [1.807, 2.05) is 11.3 Å². The van der Waals surface area contributed by atoms with Crippen LogP contribution in [0, 0.1) is 0 Å². The molecule has 28 heavy (non-hydrogen) atoms. The molecule has 2 nitrogen and oxygen atoms in total. The van der Waals surface area contributed by atoms with Gasteiger partial charge in [-0.2, -0.15) is 0 Å². The lowest BCUT2D eigenvalue weighted by molar-refractivity contribution is 1.32. The number of hydrogen-bond acceptors (Lipinski definition) is 2. The largest absolute Gasteiger partial charge is 0.292 e. The van der Waals surface area contributed by atoms with Crippen LogP contribution in [0.1, 0.15) is 0 Å². The molecule has 3 heteroatoms. The van der Waals surface area contributed by atoms with Crippen LogP contribution < -0.4 is 0 Å². The monoisotopic (exact) mass is 374 g/mol. The van der Waals surface area contributed by atoms with Gasteiger partial charge in [-0.15, -0.1) is 11.3 Å². The van der Waals surface area contributed by atoms with Gasteiger partial charge in [-0.3, -0.25) is 4.40 Å². The third-order valence-electron chi connectivity index (χ3n) is 5.76. The molecule has 130 valence electrons. The number of aromatic nitrogens is 2. The maximum atomic E-state index is 4.98. The Morgan fingerprint density at radius 1 is 0.607 bits per heavy atom. The third-order valence-corrected chi connectivity index (χ3v) is 6.97. The van der Waals surface area contributed by atoms with Crippen LogP contribution in [0.15, 0.2) is 84.9 Å². The summed E-state index contributed by atoms with van der Waals surface area (Å²) in [6, 6.07) is 30.3. The van der Waals surface area contributed by atoms with E-state index in [0.717, 1.165) is 16.7 Å². The Kier molecular flexibility index (Phi) is 2.65. The first-order chi connectivity index (χ1) is 13.9. The Morgan fingerprint density at radius 3 is 2.29 bits per heavy atom. The van der Waals surface area contributed by atoms with Crippen molar-refractivity contribution in [3.8, 4) is 0 Å². The van der Waals surface area contributed by atoms with Crippen molar-refractivity contribution in [1.82, 2.24) is 9.38 Å². The highest BCUT2D eigenvalue weighted by Crippen LogP contribution is 2.42. The molecule has 0 bridgehead atoms. The lowest BCUT2D eigenvalue weighted by atomic mass is 10.0. The molecule has 0 spiro atoms. The van der Waals surface area contributed by atoms with Crippen LogP contribution in [0.25, 0.3) is 58.5 Å². The van der Waals surface area contributed by atoms with Crippen LogP contribution in [-0.4, -0.2) is 9.38 Å². The number of thiophene rings is 1. The summed E-state index contributed by atoms with van der Waals surface area (Å²) < 4.78 is 5.02. The molecule has 0 amide bonds. The number of fused-ring (bicyclic) bond motifs is 12. The highest BCUT2D eigenvalue weighted by Gasteiger charge is 2.16. The van der Waals surface area contributed by atoms with E-state index in [1.165, 1.54) is 41.8 Å². The molecule has 7 rings (SSSR count). The second kappa shape index (κ2) is 5.09. The van der Waals surface area contributed by atoms with Gasteiger partial charge in [0, 0.05) is 30.9 Å². The molecule has 7 aromatic rings. The fourth-order valence-electron chi connectivity index (χ4n) is 4.57. The van der Waals surface area contributed by atoms with Gasteiger partial charge in [-0.1, -0.05) is 60.7 Å². The molecule has 0 saturated carbocycles. The Bertz CT molecular complexity index is 1720. The Labute approximate surface area is 164 Å². The van der Waals surface area contributed by atoms with E-state index < -0.39 is 0 Å². The maximum absolute atomic E-state index is 4.98. The van der Waals surface area contributed by atoms with E-state index in [9.17, 15) is 0 Å². The lowest BCUT2D eigenvalue weighted by Crippen LogP contribution is -1.91. The molecule has 0 saturated heterocycles. The summed E-state index contributed by atoms with van der Waals surface area (Å²) in [7, 11) is 0. The predicted octanol–water partition coefficient (Wildman–Crippen LogP) is 7.16. The van der Waals surface area contributed by atoms with Crippen LogP contribution in [0.4, 0.5) is 0 Å². The van der Waals surface area contributed by atoms with Gasteiger partial charge >= 0.3 is 0 Å². The van der Waals surface area contributed by atoms with Gasteiger partial charge in [-0.05, 0) is 29.7 Å². The molecule has 0 radical (unpaired) electrons. The zero-order valence-corrected chi connectivity index (χ0v) is 15.7. The SMILES string of the molecule is c1ccc2c(c1)nc1c3ccccc3c3c4sc5ccccc5c4ccc3n21. The van der Waals surface area contributed by atoms with Gasteiger partial charge in [-0.25, -0.2) is 4.98 Å². The van der Waals surface area contributed by atoms with Crippen molar-refractivity contribution in [3.63, 3.8) is 0 Å². The van der Waals surface area contributed by atoms with Crippen LogP contribution in [0.2, 0.25) is 0 Å². The van der Waals surface area contributed by atoms with Gasteiger partial charge in [0.15, 0.2) is 0 Å². The van der Waals surface area contributed by atoms with Crippen molar-refractivity contribution in [2.75, 3.05) is 0 Å². The molecule has 0 fully saturated rings. The Morgan fingerprint density at radius 2 is 1.36 bits per heavy atom. The van der Waals surface area contributed by atoms with Crippen molar-refractivity contribution in [1.29, 1.82) is 0 Å². The minimum atomic E-state index is 1.03. The molecule has 0 aliphatic carbocycles. The number of rotatable bonds is 0. The second-order valence-electron chi connectivity index (χ2n) is 7.24. The van der Waals surface area contributed by atoms with Crippen molar-refractivity contribution < 1.29 is 0 Å². The summed E-state index contributed by atoms with van der Waals surface area (Å²) in [5.74, 6) is 0. The quantitative estimate of drug-likeness (QED) is 0.257. The molecule has 0 aliphatic heterocycles. The third kappa shape index (κ3) is 1.70. The normalized spacial score (nSPS) is 12.3. The van der Waals surface area contributed by atoms with Gasteiger partial charge in [0.05, 0.1) is 16.6 Å². The van der Waals surface area contributed by atoms with Gasteiger partial charge in [0.1, 0.15) is 5.65 Å².